The summed E-state index contributed by atoms with van der Waals surface area (Å²) < 4.78 is 42.7. The van der Waals surface area contributed by atoms with Gasteiger partial charge in [-0.1, -0.05) is 25.1 Å². The topological polar surface area (TPSA) is 244 Å². The molecule has 3 atom stereocenters. The molecule has 0 amide bonds. The lowest BCUT2D eigenvalue weighted by atomic mass is 10.0. The van der Waals surface area contributed by atoms with Crippen LogP contribution in [-0.4, -0.2) is 164 Å². The number of hydrogen-bond donors (Lipinski definition) is 2. The number of aromatic nitrogens is 8. The van der Waals surface area contributed by atoms with E-state index in [0.717, 1.165) is 203 Å². The molecule has 24 nitrogen and oxygen atoms in total. The molecule has 590 valence electrons. The van der Waals surface area contributed by atoms with Gasteiger partial charge in [-0.3, -0.25) is 41.7 Å². The predicted octanol–water partition coefficient (Wildman–Crippen LogP) is 13.5. The van der Waals surface area contributed by atoms with E-state index in [1.807, 2.05) is 143 Å². The minimum absolute atomic E-state index is 0.0292. The maximum absolute atomic E-state index is 14.1. The van der Waals surface area contributed by atoms with E-state index >= 15 is 0 Å². The number of piperazine rings is 3. The average molecular weight is 1550 g/mol. The second kappa shape index (κ2) is 32.3. The fraction of sp³-hybridized carbons (Fsp3) is 0.311. The fourth-order valence-corrected chi connectivity index (χ4v) is 16.2. The van der Waals surface area contributed by atoms with Gasteiger partial charge in [-0.15, -0.1) is 0 Å². The zero-order chi connectivity index (χ0) is 80.0. The second-order valence-corrected chi connectivity index (χ2v) is 30.8. The Morgan fingerprint density at radius 3 is 1.37 bits per heavy atom. The van der Waals surface area contributed by atoms with Crippen LogP contribution in [0.15, 0.2) is 215 Å². The first-order chi connectivity index (χ1) is 55.5. The highest BCUT2D eigenvalue weighted by atomic mass is 19.1. The molecule has 19 rings (SSSR count). The summed E-state index contributed by atoms with van der Waals surface area (Å²) in [6.07, 6.45) is 9.67. The number of hydrogen-bond acceptors (Lipinski definition) is 20. The fourth-order valence-electron chi connectivity index (χ4n) is 16.2. The molecule has 25 heteroatoms. The lowest BCUT2D eigenvalue weighted by Crippen LogP contribution is -2.51. The Kier molecular flexibility index (Phi) is 21.5. The van der Waals surface area contributed by atoms with Crippen LogP contribution >= 0.6 is 0 Å². The molecule has 0 unspecified atom stereocenters. The van der Waals surface area contributed by atoms with E-state index in [0.29, 0.717) is 52.7 Å². The number of pyridine rings is 7. The van der Waals surface area contributed by atoms with Crippen LogP contribution in [0.4, 0.5) is 27.1 Å². The Morgan fingerprint density at radius 2 is 0.913 bits per heavy atom. The highest BCUT2D eigenvalue weighted by molar-refractivity contribution is 5.84. The number of fused-ring (bicyclic) bond motifs is 7. The number of nitrogens with zero attached hydrogens (tertiary/aromatic N) is 14. The zero-order valence-electron chi connectivity index (χ0n) is 66.5. The maximum Gasteiger partial charge on any atom is 0.258 e. The standard InChI is InChI=1S/C24H26N4O2.C23H24N4O2.C22H22N4O2.C21H23FN4O2/c1-4-26-9-10-27(14-16(26)2)21-7-6-20-11-19(13-24(29)28(20)15-21)18-5-8-22-23(12-18)30-17(3)25-22;1-15-13-26(9-8-25(15)3)20-6-5-19-10-18(12-23(28)27(19)14-20)17-4-7-21-22(11-17)29-16(2)24-21;1-14-24-20-5-2-15(11-21(20)28-14)16-10-18-3-4-19(13-26(18)22(27)12-16)25-8-6-17(23)7-9-25;1-13-8-16(25-7-6-23-14(2)11-25)12-26-20(27)10-18(24-21(13)26)15-4-5-19(28-3)17(22)9-15/h5-8,11-13,15-16H,4,9-10,14H2,1-3H3;4-7,10-12,14-15H,8-9,13H2,1-3H3;2-5,10-13,17H,6-9,23H2,1H3;4-5,8-10,12,14,23H,6-7,11H2,1-3H3/t16-;15-;;14-/m00.0/s1. The molecule has 15 aromatic rings. The van der Waals surface area contributed by atoms with Crippen LogP contribution in [0, 0.1) is 33.5 Å². The van der Waals surface area contributed by atoms with E-state index in [9.17, 15) is 23.6 Å². The Labute approximate surface area is 663 Å². The summed E-state index contributed by atoms with van der Waals surface area (Å²) in [5.41, 5.74) is 25.2. The van der Waals surface area contributed by atoms with Crippen molar-refractivity contribution in [3.63, 3.8) is 0 Å². The minimum atomic E-state index is -0.484. The van der Waals surface area contributed by atoms with Gasteiger partial charge in [0.15, 0.2) is 46.0 Å². The number of halogens is 1. The number of benzene rings is 4. The summed E-state index contributed by atoms with van der Waals surface area (Å²) in [5, 5.41) is 3.42. The minimum Gasteiger partial charge on any atom is -0.494 e. The van der Waals surface area contributed by atoms with Crippen LogP contribution in [0.2, 0.25) is 0 Å². The number of piperidine rings is 1. The van der Waals surface area contributed by atoms with Gasteiger partial charge in [-0.05, 0) is 208 Å². The molecular formula is C90H95FN16O8. The molecule has 11 aromatic heterocycles. The predicted molar refractivity (Wildman–Crippen MR) is 455 cm³/mol. The van der Waals surface area contributed by atoms with Crippen molar-refractivity contribution >= 4 is 78.2 Å². The SMILES string of the molecule is CCN1CCN(c2ccc3cc(-c4ccc5nc(C)oc5c4)cc(=O)n3c2)C[C@@H]1C.COc1ccc(-c2cc(=O)n3cc(N4CCN[C@@H](C)C4)cc(C)c3n2)cc1F.Cc1nc2ccc(-c3cc(=O)n4cc(N5CCC(N)CC5)ccc4c3)cc2o1.Cc1nc2ccc(-c3cc(=O)n4cc(N5CCN(C)[C@@H](C)C5)ccc4c3)cc2o1. The quantitative estimate of drug-likeness (QED) is 0.129. The Bertz CT molecular complexity index is 6430. The summed E-state index contributed by atoms with van der Waals surface area (Å²) in [5.74, 6) is 1.59. The van der Waals surface area contributed by atoms with E-state index in [1.165, 1.54) is 25.3 Å². The zero-order valence-corrected chi connectivity index (χ0v) is 66.5. The van der Waals surface area contributed by atoms with Crippen LogP contribution in [0.25, 0.3) is 100 Å². The summed E-state index contributed by atoms with van der Waals surface area (Å²) >= 11 is 0. The molecule has 0 radical (unpaired) electrons. The molecule has 0 aliphatic carbocycles. The van der Waals surface area contributed by atoms with Crippen LogP contribution < -0.4 is 57.6 Å². The third kappa shape index (κ3) is 16.3. The second-order valence-electron chi connectivity index (χ2n) is 30.8. The van der Waals surface area contributed by atoms with Crippen molar-refractivity contribution in [2.45, 2.75) is 92.4 Å². The number of ether oxygens (including phenoxy) is 1. The third-order valence-corrected chi connectivity index (χ3v) is 22.7. The molecule has 4 aromatic carbocycles. The molecule has 15 heterocycles. The lowest BCUT2D eigenvalue weighted by Gasteiger charge is -2.40. The molecule has 0 bridgehead atoms. The van der Waals surface area contributed by atoms with E-state index in [-0.39, 0.29) is 34.0 Å². The van der Waals surface area contributed by atoms with E-state index in [2.05, 4.69) is 114 Å². The molecule has 4 fully saturated rings. The van der Waals surface area contributed by atoms with Gasteiger partial charge >= 0.3 is 0 Å². The normalized spacial score (nSPS) is 17.2. The molecule has 0 spiro atoms. The number of likely N-dealkylation sites (N-methyl/N-ethyl adjacent to an activating group) is 2. The first kappa shape index (κ1) is 76.7. The number of nitrogens with one attached hydrogen (secondary N) is 1. The van der Waals surface area contributed by atoms with E-state index in [4.69, 9.17) is 23.7 Å². The Morgan fingerprint density at radius 1 is 0.461 bits per heavy atom. The summed E-state index contributed by atoms with van der Waals surface area (Å²) in [6, 6.07) is 50.9. The molecule has 4 saturated heterocycles. The summed E-state index contributed by atoms with van der Waals surface area (Å²) in [6.45, 7) is 27.9. The van der Waals surface area contributed by atoms with Gasteiger partial charge in [-0.25, -0.2) is 24.3 Å². The number of aryl methyl sites for hydroxylation is 4. The number of nitrogens with two attached hydrogens (primary N) is 1. The molecule has 4 aliphatic heterocycles. The van der Waals surface area contributed by atoms with Crippen molar-refractivity contribution in [2.24, 2.45) is 5.73 Å². The Hall–Kier alpha value is -12.3. The summed E-state index contributed by atoms with van der Waals surface area (Å²) in [4.78, 5) is 83.2. The lowest BCUT2D eigenvalue weighted by molar-refractivity contribution is 0.199. The van der Waals surface area contributed by atoms with Crippen molar-refractivity contribution in [3.05, 3.63) is 253 Å². The van der Waals surface area contributed by atoms with Crippen LogP contribution in [0.3, 0.4) is 0 Å². The Balaban J connectivity index is 0.000000115. The van der Waals surface area contributed by atoms with Crippen molar-refractivity contribution in [1.82, 2.24) is 52.7 Å². The van der Waals surface area contributed by atoms with Gasteiger partial charge < -0.3 is 53.5 Å². The van der Waals surface area contributed by atoms with Crippen molar-refractivity contribution < 1.29 is 22.4 Å². The van der Waals surface area contributed by atoms with Crippen LogP contribution in [0.5, 0.6) is 5.75 Å². The van der Waals surface area contributed by atoms with Gasteiger partial charge in [-0.2, -0.15) is 0 Å². The number of rotatable bonds is 10. The number of anilines is 4. The first-order valence-electron chi connectivity index (χ1n) is 39.5. The highest BCUT2D eigenvalue weighted by Gasteiger charge is 2.26. The van der Waals surface area contributed by atoms with Gasteiger partial charge in [0.1, 0.15) is 22.2 Å². The largest absolute Gasteiger partial charge is 0.494 e. The maximum atomic E-state index is 14.1. The number of methoxy groups -OCH3 is 1. The first-order valence-corrected chi connectivity index (χ1v) is 39.5. The van der Waals surface area contributed by atoms with Gasteiger partial charge in [0.25, 0.3) is 22.2 Å². The van der Waals surface area contributed by atoms with Crippen molar-refractivity contribution in [1.29, 1.82) is 0 Å². The molecule has 3 N–H and O–H groups in total. The number of oxazole rings is 3. The van der Waals surface area contributed by atoms with Crippen molar-refractivity contribution in [3.8, 4) is 50.4 Å². The van der Waals surface area contributed by atoms with E-state index in [1.54, 1.807) is 41.9 Å². The smallest absolute Gasteiger partial charge is 0.258 e. The van der Waals surface area contributed by atoms with Crippen LogP contribution in [-0.2, 0) is 0 Å². The molecule has 4 aliphatic rings. The summed E-state index contributed by atoms with van der Waals surface area (Å²) in [7, 11) is 3.57. The molecule has 115 heavy (non-hydrogen) atoms. The molecule has 0 saturated carbocycles. The average Bonchev–Trinajstić information content (AvgIpc) is 1.07. The monoisotopic (exact) mass is 1550 g/mol. The highest BCUT2D eigenvalue weighted by Crippen LogP contribution is 2.33. The molecular weight excluding hydrogens is 1450 g/mol. The van der Waals surface area contributed by atoms with Gasteiger partial charge in [0, 0.05) is 188 Å². The van der Waals surface area contributed by atoms with Crippen molar-refractivity contribution in [2.75, 3.05) is 112 Å². The third-order valence-electron chi connectivity index (χ3n) is 22.7. The van der Waals surface area contributed by atoms with Gasteiger partial charge in [0.05, 0.1) is 35.6 Å². The van der Waals surface area contributed by atoms with E-state index < -0.39 is 5.82 Å². The van der Waals surface area contributed by atoms with Gasteiger partial charge in [0.2, 0.25) is 0 Å². The van der Waals surface area contributed by atoms with Crippen LogP contribution in [0.1, 0.15) is 63.8 Å².